The average Bonchev–Trinajstić information content (AvgIpc) is 2.71. The number of amides is 1. The number of rotatable bonds is 10. The monoisotopic (exact) mass is 369 g/mol. The lowest BCUT2D eigenvalue weighted by Crippen LogP contribution is -3.11. The molecule has 2 aromatic carbocycles. The SMILES string of the molecule is CC[NH+](CC)CCOC(=O)c1ccc(NC(=O)CCc2ccccc2)cc1. The van der Waals surface area contributed by atoms with E-state index in [1.807, 2.05) is 30.3 Å². The maximum Gasteiger partial charge on any atom is 0.338 e. The number of aryl methyl sites for hydroxylation is 1. The Balaban J connectivity index is 1.76. The predicted octanol–water partition coefficient (Wildman–Crippen LogP) is 2.34. The molecule has 144 valence electrons. The largest absolute Gasteiger partial charge is 0.456 e. The van der Waals surface area contributed by atoms with Crippen LogP contribution in [0.15, 0.2) is 54.6 Å². The number of anilines is 1. The number of quaternary nitrogens is 1. The van der Waals surface area contributed by atoms with E-state index in [2.05, 4.69) is 19.2 Å². The molecule has 0 spiro atoms. The molecule has 0 aliphatic rings. The molecular formula is C22H29N2O3+. The third kappa shape index (κ3) is 7.23. The summed E-state index contributed by atoms with van der Waals surface area (Å²) in [7, 11) is 0. The summed E-state index contributed by atoms with van der Waals surface area (Å²) in [5.41, 5.74) is 2.31. The van der Waals surface area contributed by atoms with E-state index >= 15 is 0 Å². The highest BCUT2D eigenvalue weighted by molar-refractivity contribution is 5.93. The number of carbonyl (C=O) groups excluding carboxylic acids is 2. The van der Waals surface area contributed by atoms with Crippen LogP contribution in [0.4, 0.5) is 5.69 Å². The van der Waals surface area contributed by atoms with Crippen LogP contribution in [0.25, 0.3) is 0 Å². The second-order valence-electron chi connectivity index (χ2n) is 6.45. The number of esters is 1. The van der Waals surface area contributed by atoms with E-state index in [1.165, 1.54) is 4.90 Å². The molecule has 0 atom stereocenters. The molecule has 0 aromatic heterocycles. The van der Waals surface area contributed by atoms with Gasteiger partial charge in [0, 0.05) is 12.1 Å². The van der Waals surface area contributed by atoms with Crippen molar-refractivity contribution in [2.24, 2.45) is 0 Å². The highest BCUT2D eigenvalue weighted by Gasteiger charge is 2.10. The van der Waals surface area contributed by atoms with Gasteiger partial charge in [0.05, 0.1) is 18.7 Å². The Morgan fingerprint density at radius 1 is 0.963 bits per heavy atom. The molecule has 2 rings (SSSR count). The summed E-state index contributed by atoms with van der Waals surface area (Å²) in [6, 6.07) is 16.7. The van der Waals surface area contributed by atoms with Crippen molar-refractivity contribution in [1.82, 2.24) is 0 Å². The van der Waals surface area contributed by atoms with Gasteiger partial charge in [-0.1, -0.05) is 30.3 Å². The molecule has 0 bridgehead atoms. The number of nitrogens with one attached hydrogen (secondary N) is 2. The van der Waals surface area contributed by atoms with Crippen molar-refractivity contribution in [1.29, 1.82) is 0 Å². The molecular weight excluding hydrogens is 340 g/mol. The van der Waals surface area contributed by atoms with Crippen molar-refractivity contribution < 1.29 is 19.2 Å². The topological polar surface area (TPSA) is 59.8 Å². The first-order chi connectivity index (χ1) is 13.1. The summed E-state index contributed by atoms with van der Waals surface area (Å²) < 4.78 is 5.32. The molecule has 0 saturated heterocycles. The second-order valence-corrected chi connectivity index (χ2v) is 6.45. The van der Waals surface area contributed by atoms with Gasteiger partial charge < -0.3 is 15.0 Å². The first kappa shape index (κ1) is 20.6. The zero-order chi connectivity index (χ0) is 19.5. The van der Waals surface area contributed by atoms with Gasteiger partial charge >= 0.3 is 5.97 Å². The number of hydrogen-bond donors (Lipinski definition) is 2. The van der Waals surface area contributed by atoms with E-state index in [-0.39, 0.29) is 11.9 Å². The number of hydrogen-bond acceptors (Lipinski definition) is 3. The summed E-state index contributed by atoms with van der Waals surface area (Å²) in [4.78, 5) is 25.5. The van der Waals surface area contributed by atoms with Crippen LogP contribution < -0.4 is 10.2 Å². The van der Waals surface area contributed by atoms with Gasteiger partial charge in [0.15, 0.2) is 0 Å². The number of benzene rings is 2. The van der Waals surface area contributed by atoms with E-state index < -0.39 is 0 Å². The van der Waals surface area contributed by atoms with Crippen LogP contribution in [0.5, 0.6) is 0 Å². The Bertz CT molecular complexity index is 710. The van der Waals surface area contributed by atoms with E-state index in [9.17, 15) is 9.59 Å². The molecule has 5 heteroatoms. The highest BCUT2D eigenvalue weighted by atomic mass is 16.5. The van der Waals surface area contributed by atoms with Crippen molar-refractivity contribution in [3.05, 3.63) is 65.7 Å². The van der Waals surface area contributed by atoms with E-state index in [0.717, 1.165) is 25.2 Å². The molecule has 0 saturated carbocycles. The molecule has 5 nitrogen and oxygen atoms in total. The van der Waals surface area contributed by atoms with Crippen LogP contribution in [-0.2, 0) is 16.0 Å². The summed E-state index contributed by atoms with van der Waals surface area (Å²) >= 11 is 0. The van der Waals surface area contributed by atoms with Crippen molar-refractivity contribution in [3.8, 4) is 0 Å². The minimum atomic E-state index is -0.330. The van der Waals surface area contributed by atoms with E-state index in [0.29, 0.717) is 30.7 Å². The first-order valence-corrected chi connectivity index (χ1v) is 9.57. The molecule has 27 heavy (non-hydrogen) atoms. The summed E-state index contributed by atoms with van der Waals surface area (Å²) in [5, 5.41) is 2.86. The van der Waals surface area contributed by atoms with Gasteiger partial charge in [0.25, 0.3) is 0 Å². The zero-order valence-electron chi connectivity index (χ0n) is 16.2. The van der Waals surface area contributed by atoms with Gasteiger partial charge in [-0.05, 0) is 50.1 Å². The molecule has 0 aliphatic carbocycles. The minimum absolute atomic E-state index is 0.0450. The van der Waals surface area contributed by atoms with E-state index in [1.54, 1.807) is 24.3 Å². The van der Waals surface area contributed by atoms with Gasteiger partial charge in [-0.3, -0.25) is 4.79 Å². The Morgan fingerprint density at radius 2 is 1.63 bits per heavy atom. The normalized spacial score (nSPS) is 10.6. The minimum Gasteiger partial charge on any atom is -0.456 e. The van der Waals surface area contributed by atoms with Crippen LogP contribution in [0.2, 0.25) is 0 Å². The summed E-state index contributed by atoms with van der Waals surface area (Å²) in [5.74, 6) is -0.375. The Labute approximate surface area is 161 Å². The van der Waals surface area contributed by atoms with Crippen molar-refractivity contribution in [2.75, 3.05) is 31.6 Å². The standard InChI is InChI=1S/C22H28N2O3/c1-3-24(4-2)16-17-27-22(26)19-11-13-20(14-12-19)23-21(25)15-10-18-8-6-5-7-9-18/h5-9,11-14H,3-4,10,15-17H2,1-2H3,(H,23,25)/p+1. The third-order valence-corrected chi connectivity index (χ3v) is 4.58. The van der Waals surface area contributed by atoms with Crippen LogP contribution >= 0.6 is 0 Å². The lowest BCUT2D eigenvalue weighted by molar-refractivity contribution is -0.896. The molecule has 0 fully saturated rings. The number of likely N-dealkylation sites (N-methyl/N-ethyl adjacent to an activating group) is 1. The van der Waals surface area contributed by atoms with Crippen molar-refractivity contribution >= 4 is 17.6 Å². The van der Waals surface area contributed by atoms with Crippen molar-refractivity contribution in [3.63, 3.8) is 0 Å². The average molecular weight is 369 g/mol. The van der Waals surface area contributed by atoms with E-state index in [4.69, 9.17) is 4.74 Å². The first-order valence-electron chi connectivity index (χ1n) is 9.57. The Morgan fingerprint density at radius 3 is 2.26 bits per heavy atom. The quantitative estimate of drug-likeness (QED) is 0.632. The Kier molecular flexibility index (Phi) is 8.52. The lowest BCUT2D eigenvalue weighted by Gasteiger charge is -2.15. The Hall–Kier alpha value is -2.66. The number of ether oxygens (including phenoxy) is 1. The van der Waals surface area contributed by atoms with Crippen LogP contribution in [0, 0.1) is 0 Å². The van der Waals surface area contributed by atoms with Gasteiger partial charge in [-0.15, -0.1) is 0 Å². The smallest absolute Gasteiger partial charge is 0.338 e. The molecule has 1 amide bonds. The zero-order valence-corrected chi connectivity index (χ0v) is 16.2. The van der Waals surface area contributed by atoms with Crippen LogP contribution in [-0.4, -0.2) is 38.1 Å². The van der Waals surface area contributed by atoms with Gasteiger partial charge in [0.1, 0.15) is 13.2 Å². The maximum atomic E-state index is 12.1. The summed E-state index contributed by atoms with van der Waals surface area (Å²) in [6.07, 6.45) is 1.12. The van der Waals surface area contributed by atoms with Gasteiger partial charge in [0.2, 0.25) is 5.91 Å². The van der Waals surface area contributed by atoms with Crippen molar-refractivity contribution in [2.45, 2.75) is 26.7 Å². The fourth-order valence-electron chi connectivity index (χ4n) is 2.79. The molecule has 0 aliphatic heterocycles. The van der Waals surface area contributed by atoms with Crippen LogP contribution in [0.1, 0.15) is 36.2 Å². The number of carbonyl (C=O) groups is 2. The predicted molar refractivity (Wildman–Crippen MR) is 107 cm³/mol. The fourth-order valence-corrected chi connectivity index (χ4v) is 2.79. The molecule has 2 aromatic rings. The van der Waals surface area contributed by atoms with Gasteiger partial charge in [-0.25, -0.2) is 4.79 Å². The molecule has 0 unspecified atom stereocenters. The van der Waals surface area contributed by atoms with Crippen LogP contribution in [0.3, 0.4) is 0 Å². The lowest BCUT2D eigenvalue weighted by atomic mass is 10.1. The van der Waals surface area contributed by atoms with Gasteiger partial charge in [-0.2, -0.15) is 0 Å². The summed E-state index contributed by atoms with van der Waals surface area (Å²) in [6.45, 7) is 7.50. The maximum absolute atomic E-state index is 12.1. The molecule has 2 N–H and O–H groups in total. The second kappa shape index (κ2) is 11.1. The molecule has 0 heterocycles. The third-order valence-electron chi connectivity index (χ3n) is 4.58. The molecule has 0 radical (unpaired) electrons. The highest BCUT2D eigenvalue weighted by Crippen LogP contribution is 2.12. The fraction of sp³-hybridized carbons (Fsp3) is 0.364.